The van der Waals surface area contributed by atoms with E-state index in [0.29, 0.717) is 11.1 Å². The van der Waals surface area contributed by atoms with Gasteiger partial charge >= 0.3 is 0 Å². The molecule has 0 saturated carbocycles. The van der Waals surface area contributed by atoms with Crippen LogP contribution in [0.5, 0.6) is 0 Å². The van der Waals surface area contributed by atoms with Gasteiger partial charge in [0, 0.05) is 24.5 Å². The van der Waals surface area contributed by atoms with E-state index in [2.05, 4.69) is 15.8 Å². The van der Waals surface area contributed by atoms with E-state index in [9.17, 15) is 19.7 Å². The standard InChI is InChI=1S/C15H14N4O4/c1-10(11-4-6-13(7-5-11)19(22)23)14(20)17-18-15(21)12-3-2-8-16-9-12/h2-10H,1H3,(H,17,20)(H,18,21)/t10-/m1/s1. The summed E-state index contributed by atoms with van der Waals surface area (Å²) in [6.07, 6.45) is 2.91. The normalized spacial score (nSPS) is 11.3. The number of rotatable bonds is 4. The Labute approximate surface area is 131 Å². The molecule has 8 heteroatoms. The maximum absolute atomic E-state index is 12.0. The van der Waals surface area contributed by atoms with Crippen LogP contribution >= 0.6 is 0 Å². The zero-order valence-electron chi connectivity index (χ0n) is 12.2. The van der Waals surface area contributed by atoms with Gasteiger partial charge in [0.1, 0.15) is 0 Å². The molecule has 0 unspecified atom stereocenters. The number of hydrogen-bond donors (Lipinski definition) is 2. The van der Waals surface area contributed by atoms with Crippen molar-refractivity contribution in [3.63, 3.8) is 0 Å². The molecule has 0 aliphatic carbocycles. The number of hydrogen-bond acceptors (Lipinski definition) is 5. The van der Waals surface area contributed by atoms with Gasteiger partial charge in [0.2, 0.25) is 5.91 Å². The van der Waals surface area contributed by atoms with Crippen molar-refractivity contribution < 1.29 is 14.5 Å². The lowest BCUT2D eigenvalue weighted by Crippen LogP contribution is -2.43. The first-order chi connectivity index (χ1) is 11.0. The Morgan fingerprint density at radius 3 is 2.43 bits per heavy atom. The molecule has 1 aromatic carbocycles. The minimum atomic E-state index is -0.579. The van der Waals surface area contributed by atoms with Crippen molar-refractivity contribution in [1.82, 2.24) is 15.8 Å². The molecule has 2 aromatic rings. The van der Waals surface area contributed by atoms with Gasteiger partial charge in [0.15, 0.2) is 0 Å². The van der Waals surface area contributed by atoms with E-state index in [4.69, 9.17) is 0 Å². The highest BCUT2D eigenvalue weighted by atomic mass is 16.6. The van der Waals surface area contributed by atoms with E-state index in [0.717, 1.165) is 0 Å². The largest absolute Gasteiger partial charge is 0.273 e. The molecule has 0 aliphatic heterocycles. The first kappa shape index (κ1) is 16.1. The van der Waals surface area contributed by atoms with E-state index < -0.39 is 22.7 Å². The van der Waals surface area contributed by atoms with Crippen LogP contribution in [0.25, 0.3) is 0 Å². The molecule has 1 aromatic heterocycles. The van der Waals surface area contributed by atoms with E-state index in [1.165, 1.54) is 36.7 Å². The predicted octanol–water partition coefficient (Wildman–Crippen LogP) is 1.55. The third kappa shape index (κ3) is 4.10. The Bertz CT molecular complexity index is 716. The highest BCUT2D eigenvalue weighted by Gasteiger charge is 2.17. The lowest BCUT2D eigenvalue weighted by atomic mass is 10.0. The topological polar surface area (TPSA) is 114 Å². The third-order valence-corrected chi connectivity index (χ3v) is 3.22. The van der Waals surface area contributed by atoms with Crippen LogP contribution in [-0.4, -0.2) is 21.7 Å². The fourth-order valence-corrected chi connectivity index (χ4v) is 1.83. The molecular formula is C15H14N4O4. The molecule has 1 heterocycles. The predicted molar refractivity (Wildman–Crippen MR) is 81.4 cm³/mol. The number of nitrogens with one attached hydrogen (secondary N) is 2. The van der Waals surface area contributed by atoms with Gasteiger partial charge in [-0.15, -0.1) is 0 Å². The number of benzene rings is 1. The molecular weight excluding hydrogens is 300 g/mol. The van der Waals surface area contributed by atoms with Crippen LogP contribution in [0.1, 0.15) is 28.8 Å². The van der Waals surface area contributed by atoms with Crippen LogP contribution in [0.3, 0.4) is 0 Å². The number of non-ortho nitro benzene ring substituents is 1. The van der Waals surface area contributed by atoms with Gasteiger partial charge in [-0.05, 0) is 24.6 Å². The summed E-state index contributed by atoms with van der Waals surface area (Å²) in [7, 11) is 0. The molecule has 0 saturated heterocycles. The number of amides is 2. The number of carbonyl (C=O) groups is 2. The van der Waals surface area contributed by atoms with Crippen molar-refractivity contribution in [3.8, 4) is 0 Å². The zero-order chi connectivity index (χ0) is 16.8. The molecule has 1 atom stereocenters. The first-order valence-corrected chi connectivity index (χ1v) is 6.73. The summed E-state index contributed by atoms with van der Waals surface area (Å²) >= 11 is 0. The van der Waals surface area contributed by atoms with Crippen molar-refractivity contribution in [3.05, 3.63) is 70.0 Å². The summed E-state index contributed by atoms with van der Waals surface area (Å²) in [5.41, 5.74) is 5.48. The molecule has 118 valence electrons. The van der Waals surface area contributed by atoms with Gasteiger partial charge in [-0.1, -0.05) is 12.1 Å². The van der Waals surface area contributed by atoms with E-state index >= 15 is 0 Å². The fraction of sp³-hybridized carbons (Fsp3) is 0.133. The molecule has 0 fully saturated rings. The summed E-state index contributed by atoms with van der Waals surface area (Å²) in [5.74, 6) is -1.50. The van der Waals surface area contributed by atoms with E-state index in [1.54, 1.807) is 19.1 Å². The van der Waals surface area contributed by atoms with E-state index in [-0.39, 0.29) is 5.69 Å². The Morgan fingerprint density at radius 2 is 1.87 bits per heavy atom. The quantitative estimate of drug-likeness (QED) is 0.656. The van der Waals surface area contributed by atoms with E-state index in [1.807, 2.05) is 0 Å². The molecule has 0 bridgehead atoms. The minimum absolute atomic E-state index is 0.0498. The van der Waals surface area contributed by atoms with Crippen LogP contribution in [0.4, 0.5) is 5.69 Å². The SMILES string of the molecule is C[C@@H](C(=O)NNC(=O)c1cccnc1)c1ccc([N+](=O)[O-])cc1. The summed E-state index contributed by atoms with van der Waals surface area (Å²) in [6.45, 7) is 1.63. The van der Waals surface area contributed by atoms with Crippen LogP contribution in [0.15, 0.2) is 48.8 Å². The summed E-state index contributed by atoms with van der Waals surface area (Å²) in [6, 6.07) is 8.84. The number of nitrogens with zero attached hydrogens (tertiary/aromatic N) is 2. The van der Waals surface area contributed by atoms with Crippen molar-refractivity contribution in [2.24, 2.45) is 0 Å². The summed E-state index contributed by atoms with van der Waals surface area (Å²) in [5, 5.41) is 10.6. The molecule has 2 N–H and O–H groups in total. The van der Waals surface area contributed by atoms with Crippen LogP contribution < -0.4 is 10.9 Å². The maximum Gasteiger partial charge on any atom is 0.271 e. The van der Waals surface area contributed by atoms with Crippen LogP contribution in [0.2, 0.25) is 0 Å². The number of aromatic nitrogens is 1. The Kier molecular flexibility index (Phi) is 4.98. The molecule has 2 rings (SSSR count). The van der Waals surface area contributed by atoms with Crippen molar-refractivity contribution in [2.75, 3.05) is 0 Å². The van der Waals surface area contributed by atoms with Gasteiger partial charge in [-0.25, -0.2) is 0 Å². The minimum Gasteiger partial charge on any atom is -0.273 e. The van der Waals surface area contributed by atoms with Crippen molar-refractivity contribution >= 4 is 17.5 Å². The lowest BCUT2D eigenvalue weighted by molar-refractivity contribution is -0.384. The van der Waals surface area contributed by atoms with Gasteiger partial charge in [-0.3, -0.25) is 35.5 Å². The van der Waals surface area contributed by atoms with Crippen LogP contribution in [0, 0.1) is 10.1 Å². The number of nitro benzene ring substituents is 1. The Morgan fingerprint density at radius 1 is 1.17 bits per heavy atom. The fourth-order valence-electron chi connectivity index (χ4n) is 1.83. The average Bonchev–Trinajstić information content (AvgIpc) is 2.59. The number of carbonyl (C=O) groups excluding carboxylic acids is 2. The van der Waals surface area contributed by atoms with Crippen LogP contribution in [-0.2, 0) is 4.79 Å². The smallest absolute Gasteiger partial charge is 0.271 e. The number of nitro groups is 1. The van der Waals surface area contributed by atoms with Gasteiger partial charge in [0.05, 0.1) is 16.4 Å². The Balaban J connectivity index is 1.95. The van der Waals surface area contributed by atoms with Crippen molar-refractivity contribution in [1.29, 1.82) is 0 Å². The van der Waals surface area contributed by atoms with Gasteiger partial charge in [0.25, 0.3) is 11.6 Å². The second-order valence-electron chi connectivity index (χ2n) is 4.76. The highest BCUT2D eigenvalue weighted by Crippen LogP contribution is 2.19. The molecule has 23 heavy (non-hydrogen) atoms. The third-order valence-electron chi connectivity index (χ3n) is 3.22. The van der Waals surface area contributed by atoms with Crippen molar-refractivity contribution in [2.45, 2.75) is 12.8 Å². The maximum atomic E-state index is 12.0. The molecule has 0 aliphatic rings. The van der Waals surface area contributed by atoms with Gasteiger partial charge < -0.3 is 0 Å². The molecule has 0 radical (unpaired) electrons. The molecule has 0 spiro atoms. The molecule has 8 nitrogen and oxygen atoms in total. The highest BCUT2D eigenvalue weighted by molar-refractivity contribution is 5.95. The average molecular weight is 314 g/mol. The summed E-state index contributed by atoms with van der Waals surface area (Å²) in [4.78, 5) is 37.7. The first-order valence-electron chi connectivity index (χ1n) is 6.73. The lowest BCUT2D eigenvalue weighted by Gasteiger charge is -2.13. The molecule has 2 amide bonds. The Hall–Kier alpha value is -3.29. The number of hydrazine groups is 1. The van der Waals surface area contributed by atoms with Gasteiger partial charge in [-0.2, -0.15) is 0 Å². The zero-order valence-corrected chi connectivity index (χ0v) is 12.2. The number of pyridine rings is 1. The summed E-state index contributed by atoms with van der Waals surface area (Å²) < 4.78 is 0. The second-order valence-corrected chi connectivity index (χ2v) is 4.76. The monoisotopic (exact) mass is 314 g/mol. The second kappa shape index (κ2) is 7.12.